The van der Waals surface area contributed by atoms with E-state index in [2.05, 4.69) is 13.8 Å². The molecule has 0 fully saturated rings. The molecular weight excluding hydrogens is 615 g/mol. The van der Waals surface area contributed by atoms with Crippen LogP contribution in [0.15, 0.2) is 18.2 Å². The Labute approximate surface area is 328 Å². The Hall–Kier alpha value is -0.550. The fraction of sp³-hybridized carbons (Fsp3) is 0.841. The predicted octanol–water partition coefficient (Wildman–Crippen LogP) is 11.9. The maximum atomic E-state index is 11.5. The van der Waals surface area contributed by atoms with Gasteiger partial charge in [-0.1, -0.05) is 213 Å². The van der Waals surface area contributed by atoms with Gasteiger partial charge < -0.3 is 16.0 Å². The second kappa shape index (κ2) is 38.7. The molecule has 0 amide bonds. The maximum absolute atomic E-state index is 11.5. The molecular formula is C44H81NaO4. The molecule has 0 saturated heterocycles. The molecule has 1 aromatic rings. The van der Waals surface area contributed by atoms with Crippen LogP contribution in [-0.2, 0) is 11.3 Å². The first-order valence-corrected chi connectivity index (χ1v) is 21.3. The number of carbonyl (C=O) groups is 1. The summed E-state index contributed by atoms with van der Waals surface area (Å²) in [6.07, 6.45) is 43.5. The Morgan fingerprint density at radius 2 is 0.837 bits per heavy atom. The summed E-state index contributed by atoms with van der Waals surface area (Å²) in [5, 5.41) is 9.47. The van der Waals surface area contributed by atoms with Crippen molar-refractivity contribution in [2.75, 3.05) is 13.2 Å². The van der Waals surface area contributed by atoms with Crippen LogP contribution in [0.3, 0.4) is 0 Å². The Balaban J connectivity index is 0. The van der Waals surface area contributed by atoms with Gasteiger partial charge >= 0.3 is 35.5 Å². The molecule has 1 rings (SSSR count). The summed E-state index contributed by atoms with van der Waals surface area (Å²) in [5.41, 5.74) is 1.23. The van der Waals surface area contributed by atoms with Crippen molar-refractivity contribution in [2.24, 2.45) is 0 Å². The molecule has 1 aromatic carbocycles. The minimum Gasteiger partial charge on any atom is -1.00 e. The van der Waals surface area contributed by atoms with Gasteiger partial charge in [0.1, 0.15) is 5.75 Å². The number of ether oxygens (including phenoxy) is 2. The third kappa shape index (κ3) is 31.9. The number of aromatic carboxylic acids is 1. The van der Waals surface area contributed by atoms with Crippen molar-refractivity contribution in [1.29, 1.82) is 0 Å². The third-order valence-corrected chi connectivity index (χ3v) is 9.97. The molecule has 0 aliphatic rings. The quantitative estimate of drug-likeness (QED) is 0.0552. The number of carboxylic acids is 1. The molecule has 0 aliphatic heterocycles. The van der Waals surface area contributed by atoms with Gasteiger partial charge in [0.05, 0.1) is 18.8 Å². The van der Waals surface area contributed by atoms with Crippen LogP contribution in [0.1, 0.15) is 237 Å². The minimum absolute atomic E-state index is 0. The molecule has 49 heavy (non-hydrogen) atoms. The first-order valence-electron chi connectivity index (χ1n) is 21.3. The van der Waals surface area contributed by atoms with Gasteiger partial charge in [-0.2, -0.15) is 0 Å². The van der Waals surface area contributed by atoms with Crippen molar-refractivity contribution < 1.29 is 50.4 Å². The smallest absolute Gasteiger partial charge is 1.00 e. The molecule has 282 valence electrons. The van der Waals surface area contributed by atoms with Crippen LogP contribution in [0.2, 0.25) is 0 Å². The summed E-state index contributed by atoms with van der Waals surface area (Å²) in [6.45, 7) is 6.43. The van der Waals surface area contributed by atoms with E-state index in [1.54, 1.807) is 12.1 Å². The van der Waals surface area contributed by atoms with Crippen molar-refractivity contribution >= 4 is 5.97 Å². The van der Waals surface area contributed by atoms with E-state index in [9.17, 15) is 9.90 Å². The van der Waals surface area contributed by atoms with Crippen molar-refractivity contribution in [3.05, 3.63) is 29.3 Å². The Morgan fingerprint density at radius 1 is 0.510 bits per heavy atom. The monoisotopic (exact) mass is 697 g/mol. The number of hydrogen-bond donors (Lipinski definition) is 1. The molecule has 0 unspecified atom stereocenters. The predicted molar refractivity (Wildman–Crippen MR) is 209 cm³/mol. The molecule has 5 heteroatoms. The van der Waals surface area contributed by atoms with Crippen LogP contribution in [0.4, 0.5) is 0 Å². The molecule has 0 heterocycles. The van der Waals surface area contributed by atoms with Gasteiger partial charge in [-0.05, 0) is 25.0 Å². The average molecular weight is 697 g/mol. The number of rotatable bonds is 38. The van der Waals surface area contributed by atoms with E-state index in [-0.39, 0.29) is 36.5 Å². The van der Waals surface area contributed by atoms with E-state index in [1.807, 2.05) is 6.07 Å². The molecule has 0 aliphatic carbocycles. The molecule has 0 spiro atoms. The van der Waals surface area contributed by atoms with Crippen LogP contribution < -0.4 is 34.3 Å². The third-order valence-electron chi connectivity index (χ3n) is 9.97. The Kier molecular flexibility index (Phi) is 38.2. The van der Waals surface area contributed by atoms with Crippen LogP contribution in [0.5, 0.6) is 5.75 Å². The Bertz CT molecular complexity index is 836. The van der Waals surface area contributed by atoms with Crippen LogP contribution in [-0.4, -0.2) is 24.3 Å². The number of benzene rings is 1. The Morgan fingerprint density at radius 3 is 1.18 bits per heavy atom. The van der Waals surface area contributed by atoms with Gasteiger partial charge in [-0.15, -0.1) is 0 Å². The van der Waals surface area contributed by atoms with E-state index in [1.165, 1.54) is 193 Å². The fourth-order valence-corrected chi connectivity index (χ4v) is 6.71. The zero-order valence-electron chi connectivity index (χ0n) is 34.2. The molecule has 1 N–H and O–H groups in total. The molecule has 0 bridgehead atoms. The van der Waals surface area contributed by atoms with Gasteiger partial charge in [0, 0.05) is 12.2 Å². The first kappa shape index (κ1) is 48.5. The summed E-state index contributed by atoms with van der Waals surface area (Å²) >= 11 is 0. The minimum atomic E-state index is -0.914. The van der Waals surface area contributed by atoms with Crippen molar-refractivity contribution in [1.82, 2.24) is 0 Å². The van der Waals surface area contributed by atoms with E-state index < -0.39 is 5.97 Å². The van der Waals surface area contributed by atoms with Crippen molar-refractivity contribution in [2.45, 2.75) is 226 Å². The fourth-order valence-electron chi connectivity index (χ4n) is 6.71. The topological polar surface area (TPSA) is 55.8 Å². The van der Waals surface area contributed by atoms with E-state index in [0.29, 0.717) is 19.0 Å². The largest absolute Gasteiger partial charge is 1.00 e. The number of hydrogen-bond acceptors (Lipinski definition) is 3. The van der Waals surface area contributed by atoms with Gasteiger partial charge in [-0.3, -0.25) is 0 Å². The maximum Gasteiger partial charge on any atom is 1.00 e. The van der Waals surface area contributed by atoms with Gasteiger partial charge in [-0.25, -0.2) is 4.79 Å². The number of unbranched alkanes of at least 4 members (excludes halogenated alkanes) is 30. The molecule has 0 radical (unpaired) electrons. The standard InChI is InChI=1S/C44H80O4.Na.H/c1-3-5-7-9-11-13-15-17-19-21-23-25-27-29-31-33-37-47-40-42-36-35-41(44(45)46)39-43(42)48-38-34-32-30-28-26-24-22-20-18-16-14-12-10-8-6-4-2;;/h35-36,39H,3-34,37-38,40H2,1-2H3,(H,45,46);;/q;+1;-1. The average Bonchev–Trinajstić information content (AvgIpc) is 3.09. The van der Waals surface area contributed by atoms with Gasteiger partial charge in [0.2, 0.25) is 0 Å². The first-order chi connectivity index (χ1) is 23.7. The molecule has 4 nitrogen and oxygen atoms in total. The van der Waals surface area contributed by atoms with Crippen LogP contribution >= 0.6 is 0 Å². The molecule has 0 aromatic heterocycles. The summed E-state index contributed by atoms with van der Waals surface area (Å²) in [4.78, 5) is 11.5. The van der Waals surface area contributed by atoms with E-state index in [0.717, 1.165) is 25.0 Å². The summed E-state index contributed by atoms with van der Waals surface area (Å²) in [7, 11) is 0. The summed E-state index contributed by atoms with van der Waals surface area (Å²) in [5.74, 6) is -0.245. The second-order valence-corrected chi connectivity index (χ2v) is 14.6. The second-order valence-electron chi connectivity index (χ2n) is 14.6. The van der Waals surface area contributed by atoms with Crippen molar-refractivity contribution in [3.8, 4) is 5.75 Å². The normalized spacial score (nSPS) is 11.1. The zero-order chi connectivity index (χ0) is 34.6. The molecule has 0 atom stereocenters. The molecule has 0 saturated carbocycles. The van der Waals surface area contributed by atoms with Crippen LogP contribution in [0, 0.1) is 0 Å². The zero-order valence-corrected chi connectivity index (χ0v) is 35.2. The van der Waals surface area contributed by atoms with Gasteiger partial charge in [0.15, 0.2) is 0 Å². The summed E-state index contributed by atoms with van der Waals surface area (Å²) < 4.78 is 12.1. The van der Waals surface area contributed by atoms with Gasteiger partial charge in [0.25, 0.3) is 0 Å². The SMILES string of the molecule is CCCCCCCCCCCCCCCCCCOCc1ccc(C(=O)O)cc1OCCCCCCCCCCCCCCCCCC.[H-].[Na+]. The van der Waals surface area contributed by atoms with E-state index >= 15 is 0 Å². The summed E-state index contributed by atoms with van der Waals surface area (Å²) in [6, 6.07) is 5.19. The van der Waals surface area contributed by atoms with E-state index in [4.69, 9.17) is 9.47 Å². The van der Waals surface area contributed by atoms with Crippen molar-refractivity contribution in [3.63, 3.8) is 0 Å². The number of carboxylic acid groups (broad SMARTS) is 1. The van der Waals surface area contributed by atoms with Crippen LogP contribution in [0.25, 0.3) is 0 Å².